The van der Waals surface area contributed by atoms with Gasteiger partial charge in [0.2, 0.25) is 0 Å². The van der Waals surface area contributed by atoms with Crippen molar-refractivity contribution in [3.8, 4) is 5.75 Å². The summed E-state index contributed by atoms with van der Waals surface area (Å²) in [6, 6.07) is 35.5. The van der Waals surface area contributed by atoms with Gasteiger partial charge in [-0.05, 0) is 89.9 Å². The molecule has 0 spiro atoms. The number of hydrogen-bond acceptors (Lipinski definition) is 4. The van der Waals surface area contributed by atoms with Crippen LogP contribution in [-0.4, -0.2) is 17.0 Å². The molecule has 0 aliphatic carbocycles. The van der Waals surface area contributed by atoms with E-state index in [1.807, 2.05) is 48.7 Å². The lowest BCUT2D eigenvalue weighted by molar-refractivity contribution is 0.306. The highest BCUT2D eigenvalue weighted by Crippen LogP contribution is 2.38. The van der Waals surface area contributed by atoms with E-state index in [-0.39, 0.29) is 4.75 Å². The fraction of sp³-hybridized carbons (Fsp3) is 0.222. The first-order chi connectivity index (χ1) is 19.3. The lowest BCUT2D eigenvalue weighted by Gasteiger charge is -2.25. The Labute approximate surface area is 249 Å². The van der Waals surface area contributed by atoms with Gasteiger partial charge >= 0.3 is 0 Å². The minimum atomic E-state index is -0.0865. The normalized spacial score (nSPS) is 12.3. The molecule has 1 atom stereocenters. The van der Waals surface area contributed by atoms with Crippen molar-refractivity contribution in [2.45, 2.75) is 44.5 Å². The van der Waals surface area contributed by atoms with Gasteiger partial charge in [0.25, 0.3) is 0 Å². The van der Waals surface area contributed by atoms with Gasteiger partial charge in [0, 0.05) is 17.5 Å². The average Bonchev–Trinajstić information content (AvgIpc) is 2.99. The first-order valence-corrected chi connectivity index (χ1v) is 14.9. The molecule has 0 aliphatic rings. The summed E-state index contributed by atoms with van der Waals surface area (Å²) in [7, 11) is 0. The minimum absolute atomic E-state index is 0.0865. The molecule has 0 aliphatic heterocycles. The number of nitrogens with zero attached hydrogens (tertiary/aromatic N) is 1. The summed E-state index contributed by atoms with van der Waals surface area (Å²) in [6.07, 6.45) is 4.76. The van der Waals surface area contributed by atoms with Gasteiger partial charge in [0.05, 0.1) is 4.20 Å². The third-order valence-electron chi connectivity index (χ3n) is 6.94. The molecule has 4 heteroatoms. The van der Waals surface area contributed by atoms with Gasteiger partial charge in [-0.25, -0.2) is 0 Å². The van der Waals surface area contributed by atoms with E-state index < -0.39 is 0 Å². The van der Waals surface area contributed by atoms with Crippen LogP contribution >= 0.6 is 24.0 Å². The number of thiocarbonyl (C=S) groups is 1. The van der Waals surface area contributed by atoms with Crippen LogP contribution in [0.5, 0.6) is 5.75 Å². The zero-order valence-corrected chi connectivity index (χ0v) is 25.2. The van der Waals surface area contributed by atoms with E-state index in [4.69, 9.17) is 17.0 Å². The fourth-order valence-electron chi connectivity index (χ4n) is 4.33. The molecule has 0 aromatic heterocycles. The van der Waals surface area contributed by atoms with Crippen molar-refractivity contribution in [2.24, 2.45) is 4.99 Å². The van der Waals surface area contributed by atoms with E-state index in [1.165, 1.54) is 11.1 Å². The Morgan fingerprint density at radius 3 is 2.33 bits per heavy atom. The summed E-state index contributed by atoms with van der Waals surface area (Å²) in [5.74, 6) is 1.24. The van der Waals surface area contributed by atoms with E-state index in [2.05, 4.69) is 99.1 Å². The fourth-order valence-corrected chi connectivity index (χ4v) is 6.05. The van der Waals surface area contributed by atoms with Crippen molar-refractivity contribution in [2.75, 3.05) is 6.54 Å². The van der Waals surface area contributed by atoms with Crippen molar-refractivity contribution < 1.29 is 4.74 Å². The summed E-state index contributed by atoms with van der Waals surface area (Å²) in [6.45, 7) is 11.8. The van der Waals surface area contributed by atoms with Crippen LogP contribution in [0.1, 0.15) is 66.5 Å². The third-order valence-corrected chi connectivity index (χ3v) is 8.59. The number of hydrogen-bond donors (Lipinski definition) is 0. The molecule has 0 radical (unpaired) electrons. The Morgan fingerprint density at radius 2 is 1.62 bits per heavy atom. The molecular weight excluding hydrogens is 527 g/mol. The number of ether oxygens (including phenoxy) is 1. The van der Waals surface area contributed by atoms with Gasteiger partial charge in [0.1, 0.15) is 12.4 Å². The molecule has 0 N–H and O–H groups in total. The van der Waals surface area contributed by atoms with Crippen molar-refractivity contribution >= 4 is 40.5 Å². The van der Waals surface area contributed by atoms with Crippen LogP contribution in [0.4, 0.5) is 0 Å². The molecule has 4 aromatic rings. The van der Waals surface area contributed by atoms with Gasteiger partial charge in [-0.15, -0.1) is 11.8 Å². The molecule has 204 valence electrons. The SMILES string of the molecule is C=Cc1ccc(COc2ccc(C=NCCC(C)c3cccc(C(=S)SC(C)(C)c4ccccc4)c3)cc2)cc1. The second-order valence-corrected chi connectivity index (χ2v) is 12.7. The molecule has 0 saturated heterocycles. The van der Waals surface area contributed by atoms with Gasteiger partial charge in [0.15, 0.2) is 0 Å². The Bertz CT molecular complexity index is 1420. The zero-order valence-electron chi connectivity index (χ0n) is 23.5. The van der Waals surface area contributed by atoms with Gasteiger partial charge in [-0.3, -0.25) is 4.99 Å². The summed E-state index contributed by atoms with van der Waals surface area (Å²) in [4.78, 5) is 4.68. The largest absolute Gasteiger partial charge is 0.489 e. The molecule has 0 heterocycles. The summed E-state index contributed by atoms with van der Waals surface area (Å²) >= 11 is 7.61. The first-order valence-electron chi connectivity index (χ1n) is 13.7. The second kappa shape index (κ2) is 14.2. The number of benzene rings is 4. The lowest BCUT2D eigenvalue weighted by Crippen LogP contribution is -2.15. The zero-order chi connectivity index (χ0) is 28.4. The standard InChI is InChI=1S/C36H37NOS2/c1-5-28-14-16-30(17-15-28)26-38-34-20-18-29(19-21-34)25-37-23-22-27(2)31-10-9-11-32(24-31)35(39)40-36(3,4)33-12-7-6-8-13-33/h5-21,24-25,27H,1,22-23,26H2,2-4H3. The quantitative estimate of drug-likeness (QED) is 0.126. The predicted octanol–water partition coefficient (Wildman–Crippen LogP) is 9.87. The van der Waals surface area contributed by atoms with Crippen molar-refractivity contribution in [1.82, 2.24) is 0 Å². The van der Waals surface area contributed by atoms with Crippen LogP contribution in [0.2, 0.25) is 0 Å². The van der Waals surface area contributed by atoms with Crippen LogP contribution < -0.4 is 4.74 Å². The highest BCUT2D eigenvalue weighted by molar-refractivity contribution is 8.24. The van der Waals surface area contributed by atoms with Crippen LogP contribution in [0.25, 0.3) is 6.08 Å². The van der Waals surface area contributed by atoms with E-state index in [0.29, 0.717) is 12.5 Å². The lowest BCUT2D eigenvalue weighted by atomic mass is 9.96. The summed E-state index contributed by atoms with van der Waals surface area (Å²) in [5.41, 5.74) is 7.01. The van der Waals surface area contributed by atoms with E-state index in [1.54, 1.807) is 11.8 Å². The second-order valence-electron chi connectivity index (χ2n) is 10.4. The number of aliphatic imine (C=N–C) groups is 1. The minimum Gasteiger partial charge on any atom is -0.489 e. The maximum Gasteiger partial charge on any atom is 0.119 e. The van der Waals surface area contributed by atoms with Gasteiger partial charge in [-0.1, -0.05) is 105 Å². The van der Waals surface area contributed by atoms with Crippen molar-refractivity contribution in [1.29, 1.82) is 0 Å². The Morgan fingerprint density at radius 1 is 0.925 bits per heavy atom. The topological polar surface area (TPSA) is 21.6 Å². The van der Waals surface area contributed by atoms with Gasteiger partial charge < -0.3 is 4.74 Å². The predicted molar refractivity (Wildman–Crippen MR) is 178 cm³/mol. The van der Waals surface area contributed by atoms with E-state index in [0.717, 1.165) is 45.2 Å². The molecule has 0 amide bonds. The monoisotopic (exact) mass is 563 g/mol. The first kappa shape index (κ1) is 29.5. The van der Waals surface area contributed by atoms with E-state index in [9.17, 15) is 0 Å². The Hall–Kier alpha value is -3.47. The molecule has 4 aromatic carbocycles. The molecule has 4 rings (SSSR count). The molecule has 2 nitrogen and oxygen atoms in total. The van der Waals surface area contributed by atoms with Crippen molar-refractivity contribution in [3.63, 3.8) is 0 Å². The van der Waals surface area contributed by atoms with Crippen molar-refractivity contribution in [3.05, 3.63) is 143 Å². The summed E-state index contributed by atoms with van der Waals surface area (Å²) < 4.78 is 6.76. The molecule has 40 heavy (non-hydrogen) atoms. The van der Waals surface area contributed by atoms with Crippen LogP contribution in [-0.2, 0) is 11.4 Å². The molecule has 0 bridgehead atoms. The van der Waals surface area contributed by atoms with Crippen LogP contribution in [0.15, 0.2) is 115 Å². The average molecular weight is 564 g/mol. The maximum absolute atomic E-state index is 5.92. The van der Waals surface area contributed by atoms with Crippen LogP contribution in [0.3, 0.4) is 0 Å². The highest BCUT2D eigenvalue weighted by atomic mass is 32.2. The number of rotatable bonds is 12. The van der Waals surface area contributed by atoms with Gasteiger partial charge in [-0.2, -0.15) is 0 Å². The van der Waals surface area contributed by atoms with E-state index >= 15 is 0 Å². The molecule has 1 unspecified atom stereocenters. The molecule has 0 saturated carbocycles. The molecular formula is C36H37NOS2. The highest BCUT2D eigenvalue weighted by Gasteiger charge is 2.24. The van der Waals surface area contributed by atoms with Crippen LogP contribution in [0, 0.1) is 0 Å². The Kier molecular flexibility index (Phi) is 10.5. The summed E-state index contributed by atoms with van der Waals surface area (Å²) in [5, 5.41) is 0. The number of thioether (sulfide) groups is 1. The smallest absolute Gasteiger partial charge is 0.119 e. The maximum atomic E-state index is 5.92. The Balaban J connectivity index is 1.25. The third kappa shape index (κ3) is 8.51. The molecule has 0 fully saturated rings.